The Morgan fingerprint density at radius 1 is 0.952 bits per heavy atom. The monoisotopic (exact) mass is 292 g/mol. The second kappa shape index (κ2) is 10.7. The summed E-state index contributed by atoms with van der Waals surface area (Å²) < 4.78 is 0. The molecule has 0 atom stereocenters. The summed E-state index contributed by atoms with van der Waals surface area (Å²) in [5.74, 6) is 2.39. The minimum atomic E-state index is -0.104. The molecule has 1 fully saturated rings. The first kappa shape index (κ1) is 18.0. The third kappa shape index (κ3) is 6.99. The Morgan fingerprint density at radius 2 is 1.48 bits per heavy atom. The number of phenols is 1. The van der Waals surface area contributed by atoms with Gasteiger partial charge in [-0.15, -0.1) is 0 Å². The van der Waals surface area contributed by atoms with E-state index in [-0.39, 0.29) is 12.4 Å². The summed E-state index contributed by atoms with van der Waals surface area (Å²) in [6.07, 6.45) is 11.8. The van der Waals surface area contributed by atoms with Crippen molar-refractivity contribution in [3.05, 3.63) is 29.8 Å². The summed E-state index contributed by atoms with van der Waals surface area (Å²) in [7, 11) is 0. The molecule has 0 spiro atoms. The van der Waals surface area contributed by atoms with E-state index in [0.29, 0.717) is 5.56 Å². The Kier molecular flexibility index (Phi) is 9.16. The number of aliphatic hydroxyl groups excluding tert-OH is 1. The molecule has 0 saturated heterocycles. The third-order valence-electron chi connectivity index (χ3n) is 4.43. The number of aromatic hydroxyl groups is 1. The lowest BCUT2D eigenvalue weighted by Gasteiger charge is -2.35. The molecule has 1 aliphatic carbocycles. The maximum atomic E-state index is 8.95. The molecule has 2 nitrogen and oxygen atoms in total. The van der Waals surface area contributed by atoms with Gasteiger partial charge >= 0.3 is 0 Å². The van der Waals surface area contributed by atoms with Crippen LogP contribution in [0.3, 0.4) is 0 Å². The Hall–Kier alpha value is -1.02. The van der Waals surface area contributed by atoms with Crippen LogP contribution in [0.5, 0.6) is 5.75 Å². The largest absolute Gasteiger partial charge is 0.508 e. The summed E-state index contributed by atoms with van der Waals surface area (Å²) in [6.45, 7) is 4.49. The molecule has 120 valence electrons. The number of aliphatic hydroxyl groups is 1. The first-order chi connectivity index (χ1) is 10.2. The molecule has 21 heavy (non-hydrogen) atoms. The van der Waals surface area contributed by atoms with Gasteiger partial charge in [0.25, 0.3) is 0 Å². The third-order valence-corrected chi connectivity index (χ3v) is 4.43. The van der Waals surface area contributed by atoms with Gasteiger partial charge in [-0.1, -0.05) is 70.6 Å². The van der Waals surface area contributed by atoms with Gasteiger partial charge in [0.2, 0.25) is 0 Å². The van der Waals surface area contributed by atoms with E-state index >= 15 is 0 Å². The van der Waals surface area contributed by atoms with Gasteiger partial charge in [-0.2, -0.15) is 0 Å². The molecule has 1 aliphatic rings. The van der Waals surface area contributed by atoms with Crippen molar-refractivity contribution < 1.29 is 10.2 Å². The van der Waals surface area contributed by atoms with Crippen LogP contribution < -0.4 is 0 Å². The Balaban J connectivity index is 0.000000219. The summed E-state index contributed by atoms with van der Waals surface area (Å²) in [5, 5.41) is 17.5. The Morgan fingerprint density at radius 3 is 1.86 bits per heavy atom. The van der Waals surface area contributed by atoms with Gasteiger partial charge in [-0.25, -0.2) is 0 Å². The van der Waals surface area contributed by atoms with Gasteiger partial charge < -0.3 is 10.2 Å². The second-order valence-electron chi connectivity index (χ2n) is 6.27. The van der Waals surface area contributed by atoms with Crippen molar-refractivity contribution in [2.45, 2.75) is 71.8 Å². The molecular formula is C19H32O2. The summed E-state index contributed by atoms with van der Waals surface area (Å²) >= 11 is 0. The quantitative estimate of drug-likeness (QED) is 0.718. The number of benzene rings is 1. The van der Waals surface area contributed by atoms with E-state index in [1.54, 1.807) is 37.1 Å². The summed E-state index contributed by atoms with van der Waals surface area (Å²) in [5.41, 5.74) is 0.567. The highest BCUT2D eigenvalue weighted by Gasteiger charge is 2.27. The lowest BCUT2D eigenvalue weighted by Crippen LogP contribution is -2.23. The van der Waals surface area contributed by atoms with Crippen molar-refractivity contribution in [1.29, 1.82) is 0 Å². The maximum absolute atomic E-state index is 8.95. The van der Waals surface area contributed by atoms with Crippen LogP contribution in [0.4, 0.5) is 0 Å². The highest BCUT2D eigenvalue weighted by Crippen LogP contribution is 2.39. The van der Waals surface area contributed by atoms with E-state index in [1.807, 2.05) is 0 Å². The van der Waals surface area contributed by atoms with Crippen molar-refractivity contribution in [3.8, 4) is 5.75 Å². The number of unbranched alkanes of at least 4 members (excludes halogenated alkanes) is 2. The average Bonchev–Trinajstić information content (AvgIpc) is 2.46. The van der Waals surface area contributed by atoms with Crippen LogP contribution in [0.25, 0.3) is 0 Å². The fourth-order valence-electron chi connectivity index (χ4n) is 2.98. The predicted octanol–water partition coefficient (Wildman–Crippen LogP) is 5.28. The molecule has 1 aromatic rings. The predicted molar refractivity (Wildman–Crippen MR) is 89.3 cm³/mol. The van der Waals surface area contributed by atoms with Crippen molar-refractivity contribution in [1.82, 2.24) is 0 Å². The maximum Gasteiger partial charge on any atom is 0.121 e. The molecule has 0 aliphatic heterocycles. The van der Waals surface area contributed by atoms with Crippen molar-refractivity contribution in [3.63, 3.8) is 0 Å². The number of para-hydroxylation sites is 1. The smallest absolute Gasteiger partial charge is 0.121 e. The number of hydrogen-bond donors (Lipinski definition) is 2. The van der Waals surface area contributed by atoms with Gasteiger partial charge in [0.05, 0.1) is 6.61 Å². The Labute approximate surface area is 130 Å². The summed E-state index contributed by atoms with van der Waals surface area (Å²) in [6, 6.07) is 6.71. The molecule has 1 saturated carbocycles. The van der Waals surface area contributed by atoms with Crippen LogP contribution in [-0.4, -0.2) is 10.2 Å². The standard InChI is InChI=1S/C12H24.C7H8O2/c1-3-5-7-11-9-12(10-11)8-6-4-2;8-5-6-3-1-2-4-7(6)9/h11-12H,3-10H2,1-2H3;1-4,8-9H,5H2. The Bertz CT molecular complexity index is 358. The molecule has 0 amide bonds. The highest BCUT2D eigenvalue weighted by molar-refractivity contribution is 5.30. The molecule has 2 rings (SSSR count). The fraction of sp³-hybridized carbons (Fsp3) is 0.684. The van der Waals surface area contributed by atoms with Crippen molar-refractivity contribution in [2.24, 2.45) is 11.8 Å². The first-order valence-corrected chi connectivity index (χ1v) is 8.58. The zero-order valence-electron chi connectivity index (χ0n) is 13.7. The van der Waals surface area contributed by atoms with E-state index in [0.717, 1.165) is 11.8 Å². The normalized spacial score (nSPS) is 20.3. The van der Waals surface area contributed by atoms with E-state index in [1.165, 1.54) is 38.5 Å². The minimum Gasteiger partial charge on any atom is -0.508 e. The molecule has 0 bridgehead atoms. The van der Waals surface area contributed by atoms with E-state index in [4.69, 9.17) is 10.2 Å². The van der Waals surface area contributed by atoms with Crippen molar-refractivity contribution in [2.75, 3.05) is 0 Å². The highest BCUT2D eigenvalue weighted by atomic mass is 16.3. The van der Waals surface area contributed by atoms with Crippen LogP contribution in [0.2, 0.25) is 0 Å². The molecule has 0 aromatic heterocycles. The molecule has 2 heteroatoms. The molecule has 0 radical (unpaired) electrons. The number of rotatable bonds is 7. The van der Waals surface area contributed by atoms with Crippen LogP contribution in [-0.2, 0) is 6.61 Å². The van der Waals surface area contributed by atoms with Crippen LogP contribution in [0.15, 0.2) is 24.3 Å². The molecular weight excluding hydrogens is 260 g/mol. The summed E-state index contributed by atoms with van der Waals surface area (Å²) in [4.78, 5) is 0. The molecule has 2 N–H and O–H groups in total. The van der Waals surface area contributed by atoms with Gasteiger partial charge in [-0.05, 0) is 30.7 Å². The lowest BCUT2D eigenvalue weighted by molar-refractivity contribution is 0.165. The van der Waals surface area contributed by atoms with Gasteiger partial charge in [0, 0.05) is 5.56 Å². The van der Waals surface area contributed by atoms with Gasteiger partial charge in [0.15, 0.2) is 0 Å². The number of hydrogen-bond acceptors (Lipinski definition) is 2. The van der Waals surface area contributed by atoms with E-state index < -0.39 is 0 Å². The molecule has 0 heterocycles. The first-order valence-electron chi connectivity index (χ1n) is 8.58. The zero-order chi connectivity index (χ0) is 15.5. The fourth-order valence-corrected chi connectivity index (χ4v) is 2.98. The molecule has 1 aromatic carbocycles. The second-order valence-corrected chi connectivity index (χ2v) is 6.27. The molecule has 0 unspecified atom stereocenters. The van der Waals surface area contributed by atoms with Crippen LogP contribution >= 0.6 is 0 Å². The van der Waals surface area contributed by atoms with Crippen LogP contribution in [0.1, 0.15) is 70.8 Å². The SMILES string of the molecule is CCCCC1CC(CCCC)C1.OCc1ccccc1O. The van der Waals surface area contributed by atoms with Crippen molar-refractivity contribution >= 4 is 0 Å². The van der Waals surface area contributed by atoms with Crippen LogP contribution in [0, 0.1) is 11.8 Å². The van der Waals surface area contributed by atoms with E-state index in [2.05, 4.69) is 13.8 Å². The van der Waals surface area contributed by atoms with E-state index in [9.17, 15) is 0 Å². The average molecular weight is 292 g/mol. The van der Waals surface area contributed by atoms with Gasteiger partial charge in [0.1, 0.15) is 5.75 Å². The zero-order valence-corrected chi connectivity index (χ0v) is 13.7. The van der Waals surface area contributed by atoms with Gasteiger partial charge in [-0.3, -0.25) is 0 Å². The topological polar surface area (TPSA) is 40.5 Å². The lowest BCUT2D eigenvalue weighted by atomic mass is 9.71. The minimum absolute atomic E-state index is 0.104.